The lowest BCUT2D eigenvalue weighted by Gasteiger charge is -2.17. The molecule has 0 spiro atoms. The van der Waals surface area contributed by atoms with E-state index in [0.717, 1.165) is 0 Å². The molecular weight excluding hydrogens is 305 g/mol. The molecule has 0 aliphatic carbocycles. The van der Waals surface area contributed by atoms with E-state index < -0.39 is 18.0 Å². The molecule has 0 radical (unpaired) electrons. The van der Waals surface area contributed by atoms with E-state index in [9.17, 15) is 9.59 Å². The van der Waals surface area contributed by atoms with E-state index in [2.05, 4.69) is 10.6 Å². The van der Waals surface area contributed by atoms with Gasteiger partial charge in [-0.2, -0.15) is 0 Å². The van der Waals surface area contributed by atoms with Crippen LogP contribution in [-0.4, -0.2) is 25.1 Å². The molecule has 0 aromatic heterocycles. The number of imide groups is 1. The van der Waals surface area contributed by atoms with Gasteiger partial charge in [-0.05, 0) is 19.1 Å². The molecule has 0 fully saturated rings. The summed E-state index contributed by atoms with van der Waals surface area (Å²) < 4.78 is 5.47. The van der Waals surface area contributed by atoms with E-state index >= 15 is 0 Å². The summed E-state index contributed by atoms with van der Waals surface area (Å²) in [6.07, 6.45) is -0.920. The fraction of sp³-hybridized carbons (Fsp3) is 0.333. The van der Waals surface area contributed by atoms with Crippen LogP contribution in [0, 0.1) is 0 Å². The number of amides is 3. The van der Waals surface area contributed by atoms with Crippen molar-refractivity contribution in [1.82, 2.24) is 10.6 Å². The monoisotopic (exact) mass is 319 g/mol. The lowest BCUT2D eigenvalue weighted by Crippen LogP contribution is -2.44. The molecule has 1 aromatic rings. The number of hydrogen-bond donors (Lipinski definition) is 3. The summed E-state index contributed by atoms with van der Waals surface area (Å²) in [7, 11) is 1.40. The highest BCUT2D eigenvalue weighted by Crippen LogP contribution is 2.32. The maximum atomic E-state index is 11.7. The summed E-state index contributed by atoms with van der Waals surface area (Å²) >= 11 is 11.9. The minimum Gasteiger partial charge on any atom is -0.479 e. The number of halogens is 2. The summed E-state index contributed by atoms with van der Waals surface area (Å²) in [5.74, 6) is -0.323. The van der Waals surface area contributed by atoms with Gasteiger partial charge in [-0.3, -0.25) is 10.1 Å². The number of nitrogens with one attached hydrogen (secondary N) is 2. The van der Waals surface area contributed by atoms with Crippen molar-refractivity contribution in [3.8, 4) is 5.75 Å². The smallest absolute Gasteiger partial charge is 0.321 e. The number of rotatable bonds is 4. The van der Waals surface area contributed by atoms with Gasteiger partial charge in [-0.1, -0.05) is 23.2 Å². The molecule has 20 heavy (non-hydrogen) atoms. The van der Waals surface area contributed by atoms with Gasteiger partial charge < -0.3 is 15.8 Å². The number of nitrogens with two attached hydrogens (primary N) is 1. The molecule has 1 aromatic carbocycles. The van der Waals surface area contributed by atoms with Crippen LogP contribution in [0.2, 0.25) is 10.0 Å². The van der Waals surface area contributed by atoms with Crippen LogP contribution in [0.5, 0.6) is 5.75 Å². The predicted octanol–water partition coefficient (Wildman–Crippen LogP) is 1.67. The molecule has 0 heterocycles. The summed E-state index contributed by atoms with van der Waals surface area (Å²) in [5, 5.41) is 5.04. The highest BCUT2D eigenvalue weighted by atomic mass is 35.5. The third-order valence-corrected chi connectivity index (χ3v) is 2.93. The first-order valence-electron chi connectivity index (χ1n) is 5.76. The zero-order valence-corrected chi connectivity index (χ0v) is 12.5. The standard InChI is InChI=1S/C12H15Cl2N3O3/c1-6(11(18)17-12(19)16-2)20-10-7(5-15)3-8(13)4-9(10)14/h3-4,6H,5,15H2,1-2H3,(H2,16,17,18,19). The van der Waals surface area contributed by atoms with Gasteiger partial charge in [0, 0.05) is 24.2 Å². The van der Waals surface area contributed by atoms with Crippen molar-refractivity contribution in [1.29, 1.82) is 0 Å². The molecule has 0 bridgehead atoms. The van der Waals surface area contributed by atoms with Gasteiger partial charge in [0.1, 0.15) is 5.75 Å². The van der Waals surface area contributed by atoms with Crippen LogP contribution >= 0.6 is 23.2 Å². The Bertz CT molecular complexity index is 523. The van der Waals surface area contributed by atoms with Crippen molar-refractivity contribution in [3.63, 3.8) is 0 Å². The molecular formula is C12H15Cl2N3O3. The van der Waals surface area contributed by atoms with Crippen molar-refractivity contribution in [2.75, 3.05) is 7.05 Å². The number of urea groups is 1. The van der Waals surface area contributed by atoms with E-state index in [4.69, 9.17) is 33.7 Å². The first kappa shape index (κ1) is 16.6. The summed E-state index contributed by atoms with van der Waals surface area (Å²) in [6, 6.07) is 2.47. The molecule has 8 heteroatoms. The van der Waals surface area contributed by atoms with Crippen molar-refractivity contribution >= 4 is 35.1 Å². The molecule has 0 saturated heterocycles. The minimum absolute atomic E-state index is 0.152. The highest BCUT2D eigenvalue weighted by Gasteiger charge is 2.20. The molecule has 3 amide bonds. The predicted molar refractivity (Wildman–Crippen MR) is 77.0 cm³/mol. The third kappa shape index (κ3) is 4.26. The van der Waals surface area contributed by atoms with Crippen LogP contribution in [0.1, 0.15) is 12.5 Å². The Balaban J connectivity index is 2.87. The van der Waals surface area contributed by atoms with Gasteiger partial charge in [0.25, 0.3) is 5.91 Å². The van der Waals surface area contributed by atoms with E-state index in [1.165, 1.54) is 20.0 Å². The number of carbonyl (C=O) groups excluding carboxylic acids is 2. The largest absolute Gasteiger partial charge is 0.479 e. The van der Waals surface area contributed by atoms with Crippen LogP contribution in [0.4, 0.5) is 4.79 Å². The maximum Gasteiger partial charge on any atom is 0.321 e. The minimum atomic E-state index is -0.920. The van der Waals surface area contributed by atoms with Gasteiger partial charge in [-0.25, -0.2) is 4.79 Å². The molecule has 1 atom stereocenters. The number of carbonyl (C=O) groups is 2. The van der Waals surface area contributed by atoms with Crippen LogP contribution in [0.3, 0.4) is 0 Å². The zero-order chi connectivity index (χ0) is 15.3. The molecule has 1 rings (SSSR count). The molecule has 110 valence electrons. The van der Waals surface area contributed by atoms with Gasteiger partial charge in [0.05, 0.1) is 5.02 Å². The summed E-state index contributed by atoms with van der Waals surface area (Å²) in [6.45, 7) is 1.64. The molecule has 0 saturated carbocycles. The second kappa shape index (κ2) is 7.33. The molecule has 0 aliphatic heterocycles. The van der Waals surface area contributed by atoms with Gasteiger partial charge >= 0.3 is 6.03 Å². The Hall–Kier alpha value is -1.50. The lowest BCUT2D eigenvalue weighted by molar-refractivity contribution is -0.126. The Kier molecular flexibility index (Phi) is 6.06. The van der Waals surface area contributed by atoms with E-state index in [-0.39, 0.29) is 17.3 Å². The van der Waals surface area contributed by atoms with Crippen molar-refractivity contribution < 1.29 is 14.3 Å². The SMILES string of the molecule is CNC(=O)NC(=O)C(C)Oc1c(Cl)cc(Cl)cc1CN. The molecule has 6 nitrogen and oxygen atoms in total. The molecule has 1 unspecified atom stereocenters. The fourth-order valence-corrected chi connectivity index (χ4v) is 1.98. The van der Waals surface area contributed by atoms with Crippen molar-refractivity contribution in [2.24, 2.45) is 5.73 Å². The Labute approximate surface area is 126 Å². The maximum absolute atomic E-state index is 11.7. The van der Waals surface area contributed by atoms with Crippen molar-refractivity contribution in [3.05, 3.63) is 27.7 Å². The zero-order valence-electron chi connectivity index (χ0n) is 11.0. The first-order chi connectivity index (χ1) is 9.38. The van der Waals surface area contributed by atoms with E-state index in [0.29, 0.717) is 10.6 Å². The topological polar surface area (TPSA) is 93.5 Å². The summed E-state index contributed by atoms with van der Waals surface area (Å²) in [4.78, 5) is 22.7. The number of ether oxygens (including phenoxy) is 1. The summed E-state index contributed by atoms with van der Waals surface area (Å²) in [5.41, 5.74) is 6.15. The molecule has 0 aliphatic rings. The second-order valence-electron chi connectivity index (χ2n) is 3.91. The van der Waals surface area contributed by atoms with E-state index in [1.54, 1.807) is 6.07 Å². The normalized spacial score (nSPS) is 11.7. The third-order valence-electron chi connectivity index (χ3n) is 2.43. The fourth-order valence-electron chi connectivity index (χ4n) is 1.40. The first-order valence-corrected chi connectivity index (χ1v) is 6.51. The van der Waals surface area contributed by atoms with Crippen LogP contribution in [0.25, 0.3) is 0 Å². The average Bonchev–Trinajstić information content (AvgIpc) is 2.40. The van der Waals surface area contributed by atoms with E-state index in [1.807, 2.05) is 0 Å². The highest BCUT2D eigenvalue weighted by molar-refractivity contribution is 6.35. The van der Waals surface area contributed by atoms with Crippen LogP contribution < -0.4 is 21.1 Å². The Morgan fingerprint density at radius 2 is 2.05 bits per heavy atom. The number of benzene rings is 1. The van der Waals surface area contributed by atoms with Gasteiger partial charge in [0.15, 0.2) is 6.10 Å². The van der Waals surface area contributed by atoms with Gasteiger partial charge in [0.2, 0.25) is 0 Å². The lowest BCUT2D eigenvalue weighted by atomic mass is 10.2. The van der Waals surface area contributed by atoms with Crippen LogP contribution in [0.15, 0.2) is 12.1 Å². The molecule has 4 N–H and O–H groups in total. The number of hydrogen-bond acceptors (Lipinski definition) is 4. The second-order valence-corrected chi connectivity index (χ2v) is 4.75. The van der Waals surface area contributed by atoms with Gasteiger partial charge in [-0.15, -0.1) is 0 Å². The Morgan fingerprint density at radius 3 is 2.60 bits per heavy atom. The Morgan fingerprint density at radius 1 is 1.40 bits per heavy atom. The van der Waals surface area contributed by atoms with Crippen LogP contribution in [-0.2, 0) is 11.3 Å². The average molecular weight is 320 g/mol. The quantitative estimate of drug-likeness (QED) is 0.787. The van der Waals surface area contributed by atoms with Crippen molar-refractivity contribution in [2.45, 2.75) is 19.6 Å².